The normalized spacial score (nSPS) is 17.3. The van der Waals surface area contributed by atoms with E-state index in [1.165, 1.54) is 10.7 Å². The Labute approximate surface area is 162 Å². The summed E-state index contributed by atoms with van der Waals surface area (Å²) in [6.45, 7) is 0. The van der Waals surface area contributed by atoms with Gasteiger partial charge in [0, 0.05) is 23.7 Å². The summed E-state index contributed by atoms with van der Waals surface area (Å²) in [6.07, 6.45) is 6.98. The molecule has 1 aliphatic heterocycles. The Morgan fingerprint density at radius 2 is 1.85 bits per heavy atom. The molecule has 0 unspecified atom stereocenters. The monoisotopic (exact) mass is 398 g/mol. The first kappa shape index (κ1) is 17.9. The first-order chi connectivity index (χ1) is 13.0. The van der Waals surface area contributed by atoms with Crippen LogP contribution in [0.2, 0.25) is 0 Å². The van der Waals surface area contributed by atoms with Crippen LogP contribution >= 0.6 is 11.8 Å². The summed E-state index contributed by atoms with van der Waals surface area (Å²) in [5.41, 5.74) is 4.08. The highest BCUT2D eigenvalue weighted by atomic mass is 32.2. The Bertz CT molecular complexity index is 1150. The summed E-state index contributed by atoms with van der Waals surface area (Å²) in [6, 6.07) is 13.3. The molecule has 1 aliphatic rings. The Morgan fingerprint density at radius 1 is 1.07 bits per heavy atom. The van der Waals surface area contributed by atoms with Crippen LogP contribution in [0.3, 0.4) is 0 Å². The van der Waals surface area contributed by atoms with Gasteiger partial charge < -0.3 is 0 Å². The first-order valence-electron chi connectivity index (χ1n) is 8.38. The number of sulfonamides is 1. The third-order valence-electron chi connectivity index (χ3n) is 4.49. The van der Waals surface area contributed by atoms with Crippen molar-refractivity contribution >= 4 is 38.5 Å². The average molecular weight is 399 g/mol. The van der Waals surface area contributed by atoms with E-state index in [2.05, 4.69) is 15.1 Å². The lowest BCUT2D eigenvalue weighted by Gasteiger charge is -2.21. The van der Waals surface area contributed by atoms with Crippen molar-refractivity contribution in [2.45, 2.75) is 17.4 Å². The van der Waals surface area contributed by atoms with Crippen LogP contribution in [0.1, 0.15) is 23.6 Å². The number of thioether (sulfide) groups is 1. The highest BCUT2D eigenvalue weighted by Crippen LogP contribution is 2.35. The fourth-order valence-corrected chi connectivity index (χ4v) is 4.57. The third-order valence-corrected chi connectivity index (χ3v) is 6.23. The van der Waals surface area contributed by atoms with Gasteiger partial charge in [-0.15, -0.1) is 11.8 Å². The Morgan fingerprint density at radius 3 is 2.59 bits per heavy atom. The molecule has 0 bridgehead atoms. The van der Waals surface area contributed by atoms with Crippen LogP contribution in [-0.2, 0) is 10.0 Å². The van der Waals surface area contributed by atoms with Crippen molar-refractivity contribution in [3.8, 4) is 0 Å². The molecule has 4 rings (SSSR count). The highest BCUT2D eigenvalue weighted by Gasteiger charge is 2.34. The van der Waals surface area contributed by atoms with Crippen LogP contribution in [0.4, 0.5) is 0 Å². The Balaban J connectivity index is 1.76. The number of hydrogen-bond donors (Lipinski definition) is 0. The van der Waals surface area contributed by atoms with Crippen LogP contribution in [-0.4, -0.2) is 41.0 Å². The van der Waals surface area contributed by atoms with Crippen molar-refractivity contribution in [1.82, 2.24) is 14.4 Å². The Hall–Kier alpha value is -2.45. The van der Waals surface area contributed by atoms with Gasteiger partial charge in [0.05, 0.1) is 29.0 Å². The van der Waals surface area contributed by atoms with Gasteiger partial charge in [0.1, 0.15) is 0 Å². The lowest BCUT2D eigenvalue weighted by molar-refractivity contribution is 0.375. The van der Waals surface area contributed by atoms with Crippen LogP contribution < -0.4 is 0 Å². The molecule has 6 nitrogen and oxygen atoms in total. The molecule has 0 saturated heterocycles. The summed E-state index contributed by atoms with van der Waals surface area (Å²) >= 11 is 1.64. The van der Waals surface area contributed by atoms with Crippen molar-refractivity contribution < 1.29 is 8.42 Å². The van der Waals surface area contributed by atoms with Gasteiger partial charge in [-0.2, -0.15) is 9.52 Å². The van der Waals surface area contributed by atoms with E-state index < -0.39 is 10.0 Å². The van der Waals surface area contributed by atoms with Gasteiger partial charge in [0.15, 0.2) is 0 Å². The molecule has 8 heteroatoms. The number of aromatic nitrogens is 2. The standard InChI is InChI=1S/C19H18N4O2S2/c1-26-15-5-3-4-13(10-15)17-12-19(23(22-17)27(2,24)25)14-6-7-16-18(11-14)21-9-8-20-16/h3-11,19H,12H2,1-2H3/t19-/m1/s1. The zero-order valence-electron chi connectivity index (χ0n) is 14.9. The second kappa shape index (κ2) is 6.94. The van der Waals surface area contributed by atoms with Crippen LogP contribution in [0.25, 0.3) is 11.0 Å². The molecular weight excluding hydrogens is 380 g/mol. The molecule has 0 amide bonds. The summed E-state index contributed by atoms with van der Waals surface area (Å²) < 4.78 is 25.9. The SMILES string of the molecule is CSc1cccc(C2=NN(S(C)(=O)=O)[C@@H](c3ccc4nccnc4c3)C2)c1. The zero-order valence-corrected chi connectivity index (χ0v) is 16.5. The van der Waals surface area contributed by atoms with E-state index in [0.717, 1.165) is 32.8 Å². The third kappa shape index (κ3) is 3.54. The smallest absolute Gasteiger partial charge is 0.247 e. The van der Waals surface area contributed by atoms with Gasteiger partial charge in [-0.25, -0.2) is 8.42 Å². The lowest BCUT2D eigenvalue weighted by Crippen LogP contribution is -2.25. The molecular formula is C19H18N4O2S2. The molecule has 1 atom stereocenters. The van der Waals surface area contributed by atoms with Gasteiger partial charge in [-0.05, 0) is 41.6 Å². The van der Waals surface area contributed by atoms with Gasteiger partial charge in [0.25, 0.3) is 0 Å². The molecule has 2 heterocycles. The van der Waals surface area contributed by atoms with Crippen LogP contribution in [0.15, 0.2) is 64.9 Å². The van der Waals surface area contributed by atoms with Crippen molar-refractivity contribution in [2.24, 2.45) is 5.10 Å². The molecule has 138 valence electrons. The minimum Gasteiger partial charge on any atom is -0.253 e. The number of fused-ring (bicyclic) bond motifs is 1. The largest absolute Gasteiger partial charge is 0.253 e. The topological polar surface area (TPSA) is 75.5 Å². The molecule has 0 fully saturated rings. The van der Waals surface area contributed by atoms with Crippen molar-refractivity contribution in [1.29, 1.82) is 0 Å². The number of hydrazone groups is 1. The molecule has 0 saturated carbocycles. The molecule has 2 aromatic carbocycles. The predicted octanol–water partition coefficient (Wildman–Crippen LogP) is 3.46. The van der Waals surface area contributed by atoms with Gasteiger partial charge in [0.2, 0.25) is 10.0 Å². The Kier molecular flexibility index (Phi) is 4.61. The molecule has 0 aliphatic carbocycles. The first-order valence-corrected chi connectivity index (χ1v) is 11.4. The number of benzene rings is 2. The van der Waals surface area contributed by atoms with Crippen LogP contribution in [0.5, 0.6) is 0 Å². The second-order valence-corrected chi connectivity index (χ2v) is 9.06. The summed E-state index contributed by atoms with van der Waals surface area (Å²) in [5, 5.41) is 4.46. The van der Waals surface area contributed by atoms with E-state index in [9.17, 15) is 8.42 Å². The van der Waals surface area contributed by atoms with E-state index in [4.69, 9.17) is 0 Å². The lowest BCUT2D eigenvalue weighted by atomic mass is 9.99. The van der Waals surface area contributed by atoms with Crippen molar-refractivity contribution in [3.63, 3.8) is 0 Å². The van der Waals surface area contributed by atoms with Gasteiger partial charge in [-0.3, -0.25) is 9.97 Å². The van der Waals surface area contributed by atoms with Crippen LogP contribution in [0, 0.1) is 0 Å². The quantitative estimate of drug-likeness (QED) is 0.629. The fourth-order valence-electron chi connectivity index (χ4n) is 3.21. The maximum absolute atomic E-state index is 12.4. The van der Waals surface area contributed by atoms with E-state index in [0.29, 0.717) is 6.42 Å². The van der Waals surface area contributed by atoms with E-state index in [1.54, 1.807) is 24.2 Å². The number of rotatable bonds is 4. The highest BCUT2D eigenvalue weighted by molar-refractivity contribution is 7.98. The van der Waals surface area contributed by atoms with Gasteiger partial charge >= 0.3 is 0 Å². The fraction of sp³-hybridized carbons (Fsp3) is 0.211. The maximum atomic E-state index is 12.4. The molecule has 0 N–H and O–H groups in total. The molecule has 1 aromatic heterocycles. The minimum absolute atomic E-state index is 0.389. The summed E-state index contributed by atoms with van der Waals surface area (Å²) in [7, 11) is -3.51. The van der Waals surface area contributed by atoms with E-state index in [1.807, 2.05) is 48.7 Å². The molecule has 27 heavy (non-hydrogen) atoms. The molecule has 0 spiro atoms. The summed E-state index contributed by atoms with van der Waals surface area (Å²) in [5.74, 6) is 0. The number of hydrogen-bond acceptors (Lipinski definition) is 6. The number of nitrogens with zero attached hydrogens (tertiary/aromatic N) is 4. The van der Waals surface area contributed by atoms with E-state index >= 15 is 0 Å². The predicted molar refractivity (Wildman–Crippen MR) is 108 cm³/mol. The van der Waals surface area contributed by atoms with Gasteiger partial charge in [-0.1, -0.05) is 18.2 Å². The summed E-state index contributed by atoms with van der Waals surface area (Å²) in [4.78, 5) is 9.72. The molecule has 3 aromatic rings. The maximum Gasteiger partial charge on any atom is 0.247 e. The second-order valence-electron chi connectivity index (χ2n) is 6.34. The minimum atomic E-state index is -3.51. The van der Waals surface area contributed by atoms with Crippen molar-refractivity contribution in [3.05, 3.63) is 66.0 Å². The van der Waals surface area contributed by atoms with Crippen molar-refractivity contribution in [2.75, 3.05) is 12.5 Å². The van der Waals surface area contributed by atoms with E-state index in [-0.39, 0.29) is 6.04 Å². The molecule has 0 radical (unpaired) electrons. The zero-order chi connectivity index (χ0) is 19.0. The average Bonchev–Trinajstić information content (AvgIpc) is 3.14.